The molecule has 1 heteroatoms. The summed E-state index contributed by atoms with van der Waals surface area (Å²) in [5.41, 5.74) is 2.53. The van der Waals surface area contributed by atoms with Crippen LogP contribution in [0.2, 0.25) is 0 Å². The summed E-state index contributed by atoms with van der Waals surface area (Å²) in [5, 5.41) is 6.24. The van der Waals surface area contributed by atoms with Crippen LogP contribution in [0.15, 0.2) is 72.1 Å². The van der Waals surface area contributed by atoms with Crippen molar-refractivity contribution in [1.29, 1.82) is 0 Å². The van der Waals surface area contributed by atoms with Crippen LogP contribution in [0.5, 0.6) is 0 Å². The molecule has 0 unspecified atom stereocenters. The van der Waals surface area contributed by atoms with E-state index in [1.807, 2.05) is 17.4 Å². The van der Waals surface area contributed by atoms with Gasteiger partial charge in [0.25, 0.3) is 0 Å². The Labute approximate surface area is 128 Å². The molecule has 1 heterocycles. The monoisotopic (exact) mass is 286 g/mol. The molecule has 0 radical (unpaired) electrons. The first-order chi connectivity index (χ1) is 10.4. The summed E-state index contributed by atoms with van der Waals surface area (Å²) in [6.45, 7) is 0. The van der Waals surface area contributed by atoms with E-state index < -0.39 is 0 Å². The molecular formula is C20H14S. The van der Waals surface area contributed by atoms with Gasteiger partial charge in [0.1, 0.15) is 0 Å². The van der Waals surface area contributed by atoms with Crippen molar-refractivity contribution in [2.24, 2.45) is 0 Å². The average molecular weight is 286 g/mol. The number of hydrogen-bond acceptors (Lipinski definition) is 1. The van der Waals surface area contributed by atoms with E-state index in [1.165, 1.54) is 32.0 Å². The Morgan fingerprint density at radius 1 is 0.667 bits per heavy atom. The van der Waals surface area contributed by atoms with Gasteiger partial charge in [0.2, 0.25) is 0 Å². The van der Waals surface area contributed by atoms with Crippen molar-refractivity contribution in [2.45, 2.75) is 0 Å². The fourth-order valence-corrected chi connectivity index (χ4v) is 3.74. The molecule has 3 aromatic carbocycles. The predicted molar refractivity (Wildman–Crippen MR) is 94.7 cm³/mol. The van der Waals surface area contributed by atoms with Gasteiger partial charge in [-0.25, -0.2) is 0 Å². The number of fused-ring (bicyclic) bond motifs is 3. The van der Waals surface area contributed by atoms with Crippen molar-refractivity contribution in [3.63, 3.8) is 0 Å². The number of hydrogen-bond donors (Lipinski definition) is 0. The Morgan fingerprint density at radius 3 is 2.38 bits per heavy atom. The third-order valence-electron chi connectivity index (χ3n) is 3.75. The molecule has 0 spiro atoms. The van der Waals surface area contributed by atoms with Crippen molar-refractivity contribution < 1.29 is 0 Å². The lowest BCUT2D eigenvalue weighted by molar-refractivity contribution is 1.67. The van der Waals surface area contributed by atoms with Crippen LogP contribution in [0, 0.1) is 0 Å². The third-order valence-corrected chi connectivity index (χ3v) is 4.80. The van der Waals surface area contributed by atoms with Gasteiger partial charge in [-0.3, -0.25) is 0 Å². The summed E-state index contributed by atoms with van der Waals surface area (Å²) in [6.07, 6.45) is 4.39. The van der Waals surface area contributed by atoms with E-state index >= 15 is 0 Å². The molecule has 0 fully saturated rings. The van der Waals surface area contributed by atoms with Crippen LogP contribution >= 0.6 is 11.3 Å². The van der Waals surface area contributed by atoms with Gasteiger partial charge in [-0.05, 0) is 27.3 Å². The topological polar surface area (TPSA) is 0 Å². The van der Waals surface area contributed by atoms with E-state index in [0.29, 0.717) is 0 Å². The lowest BCUT2D eigenvalue weighted by Crippen LogP contribution is -1.74. The largest absolute Gasteiger partial charge is 0.143 e. The lowest BCUT2D eigenvalue weighted by Gasteiger charge is -1.99. The van der Waals surface area contributed by atoms with Crippen LogP contribution < -0.4 is 0 Å². The van der Waals surface area contributed by atoms with Gasteiger partial charge in [-0.2, -0.15) is 0 Å². The zero-order valence-electron chi connectivity index (χ0n) is 11.5. The molecule has 0 aliphatic rings. The standard InChI is InChI=1S/C20H14S/c1-2-6-15(7-3-1)10-11-17-14-21-20-18-9-5-4-8-16(18)12-13-19(17)20/h1-14H/b11-10-. The molecule has 0 atom stereocenters. The highest BCUT2D eigenvalue weighted by Gasteiger charge is 2.05. The molecule has 0 aliphatic heterocycles. The molecule has 0 bridgehead atoms. The fraction of sp³-hybridized carbons (Fsp3) is 0. The van der Waals surface area contributed by atoms with Crippen molar-refractivity contribution in [3.05, 3.63) is 83.2 Å². The first-order valence-corrected chi connectivity index (χ1v) is 7.92. The number of rotatable bonds is 2. The summed E-state index contributed by atoms with van der Waals surface area (Å²) in [4.78, 5) is 0. The second-order valence-corrected chi connectivity index (χ2v) is 5.98. The zero-order chi connectivity index (χ0) is 14.1. The van der Waals surface area contributed by atoms with Crippen LogP contribution in [0.1, 0.15) is 11.1 Å². The van der Waals surface area contributed by atoms with Crippen molar-refractivity contribution >= 4 is 44.3 Å². The Balaban J connectivity index is 1.84. The molecule has 0 saturated heterocycles. The summed E-state index contributed by atoms with van der Waals surface area (Å²) in [5.74, 6) is 0. The van der Waals surface area contributed by atoms with Crippen LogP contribution in [0.3, 0.4) is 0 Å². The SMILES string of the molecule is C(=C/c1csc2c1ccc1ccccc12)/c1ccccc1. The van der Waals surface area contributed by atoms with Crippen LogP contribution in [-0.4, -0.2) is 0 Å². The maximum absolute atomic E-state index is 2.25. The molecule has 0 N–H and O–H groups in total. The Kier molecular flexibility index (Phi) is 3.06. The van der Waals surface area contributed by atoms with Gasteiger partial charge >= 0.3 is 0 Å². The first kappa shape index (κ1) is 12.4. The second kappa shape index (κ2) is 5.19. The molecule has 1 aromatic heterocycles. The van der Waals surface area contributed by atoms with Gasteiger partial charge in [0, 0.05) is 10.1 Å². The Hall–Kier alpha value is -2.38. The van der Waals surface area contributed by atoms with Crippen molar-refractivity contribution in [1.82, 2.24) is 0 Å². The summed E-state index contributed by atoms with van der Waals surface area (Å²) in [7, 11) is 0. The number of benzene rings is 3. The minimum Gasteiger partial charge on any atom is -0.143 e. The average Bonchev–Trinajstić information content (AvgIpc) is 2.97. The highest BCUT2D eigenvalue weighted by atomic mass is 32.1. The molecular weight excluding hydrogens is 272 g/mol. The fourth-order valence-electron chi connectivity index (χ4n) is 2.66. The lowest BCUT2D eigenvalue weighted by atomic mass is 10.1. The van der Waals surface area contributed by atoms with Crippen LogP contribution in [0.25, 0.3) is 33.0 Å². The Morgan fingerprint density at radius 2 is 1.48 bits per heavy atom. The minimum atomic E-state index is 1.23. The van der Waals surface area contributed by atoms with Gasteiger partial charge in [-0.1, -0.05) is 78.9 Å². The zero-order valence-corrected chi connectivity index (χ0v) is 12.3. The number of thiophene rings is 1. The highest BCUT2D eigenvalue weighted by Crippen LogP contribution is 2.33. The molecule has 0 saturated carbocycles. The highest BCUT2D eigenvalue weighted by molar-refractivity contribution is 7.18. The van der Waals surface area contributed by atoms with Gasteiger partial charge in [0.15, 0.2) is 0 Å². The van der Waals surface area contributed by atoms with Gasteiger partial charge in [0.05, 0.1) is 0 Å². The van der Waals surface area contributed by atoms with E-state index in [1.54, 1.807) is 0 Å². The van der Waals surface area contributed by atoms with Crippen molar-refractivity contribution in [2.75, 3.05) is 0 Å². The summed E-state index contributed by atoms with van der Waals surface area (Å²) < 4.78 is 1.38. The third kappa shape index (κ3) is 2.26. The smallest absolute Gasteiger partial charge is 0.0427 e. The quantitative estimate of drug-likeness (QED) is 0.410. The second-order valence-electron chi connectivity index (χ2n) is 5.10. The molecule has 21 heavy (non-hydrogen) atoms. The van der Waals surface area contributed by atoms with Crippen molar-refractivity contribution in [3.8, 4) is 0 Å². The predicted octanol–water partition coefficient (Wildman–Crippen LogP) is 6.22. The Bertz CT molecular complexity index is 930. The molecule has 0 aliphatic carbocycles. The molecule has 100 valence electrons. The van der Waals surface area contributed by atoms with E-state index in [9.17, 15) is 0 Å². The first-order valence-electron chi connectivity index (χ1n) is 7.04. The van der Waals surface area contributed by atoms with Gasteiger partial charge in [-0.15, -0.1) is 11.3 Å². The minimum absolute atomic E-state index is 1.23. The van der Waals surface area contributed by atoms with Gasteiger partial charge < -0.3 is 0 Å². The summed E-state index contributed by atoms with van der Waals surface area (Å²) in [6, 6.07) is 23.5. The maximum atomic E-state index is 2.25. The molecule has 0 amide bonds. The van der Waals surface area contributed by atoms with Crippen LogP contribution in [-0.2, 0) is 0 Å². The van der Waals surface area contributed by atoms with Crippen LogP contribution in [0.4, 0.5) is 0 Å². The molecule has 4 aromatic rings. The van der Waals surface area contributed by atoms with E-state index in [4.69, 9.17) is 0 Å². The van der Waals surface area contributed by atoms with E-state index in [2.05, 4.69) is 78.2 Å². The normalized spacial score (nSPS) is 11.6. The van der Waals surface area contributed by atoms with E-state index in [-0.39, 0.29) is 0 Å². The maximum Gasteiger partial charge on any atom is 0.0427 e. The molecule has 4 rings (SSSR count). The summed E-state index contributed by atoms with van der Waals surface area (Å²) >= 11 is 1.83. The van der Waals surface area contributed by atoms with E-state index in [0.717, 1.165) is 0 Å². The molecule has 0 nitrogen and oxygen atoms in total.